The third kappa shape index (κ3) is 10.2. The predicted octanol–water partition coefficient (Wildman–Crippen LogP) is 6.77. The fourth-order valence-corrected chi connectivity index (χ4v) is 3.75. The van der Waals surface area contributed by atoms with Crippen molar-refractivity contribution in [3.63, 3.8) is 0 Å². The summed E-state index contributed by atoms with van der Waals surface area (Å²) in [5.41, 5.74) is 11.1. The largest absolute Gasteiger partial charge is 0.492 e. The van der Waals surface area contributed by atoms with Gasteiger partial charge in [-0.15, -0.1) is 0 Å². The van der Waals surface area contributed by atoms with Gasteiger partial charge in [0.2, 0.25) is 0 Å². The molecule has 0 unspecified atom stereocenters. The Kier molecular flexibility index (Phi) is 13.9. The lowest BCUT2D eigenvalue weighted by Gasteiger charge is -2.24. The molecule has 9 heteroatoms. The quantitative estimate of drug-likeness (QED) is 0.144. The SMILES string of the molecule is CC.COc1c(NSC)cc(C(C)(C)C)cc1NC(=O)c1ccc(C)c(N(N)/C=C\N)c1.Cc1ccncc1. The summed E-state index contributed by atoms with van der Waals surface area (Å²) in [6.07, 6.45) is 8.38. The maximum absolute atomic E-state index is 13.1. The van der Waals surface area contributed by atoms with Crippen molar-refractivity contribution in [2.45, 2.75) is 53.9 Å². The second kappa shape index (κ2) is 16.3. The number of carbonyl (C=O) groups is 1. The predicted molar refractivity (Wildman–Crippen MR) is 168 cm³/mol. The number of aromatic nitrogens is 1. The molecule has 0 radical (unpaired) electrons. The van der Waals surface area contributed by atoms with E-state index in [2.05, 4.69) is 35.8 Å². The van der Waals surface area contributed by atoms with E-state index in [9.17, 15) is 4.79 Å². The van der Waals surface area contributed by atoms with Crippen molar-refractivity contribution in [1.29, 1.82) is 0 Å². The zero-order valence-corrected chi connectivity index (χ0v) is 25.4. The first-order valence-electron chi connectivity index (χ1n) is 12.7. The Morgan fingerprint density at radius 1 is 1.05 bits per heavy atom. The van der Waals surface area contributed by atoms with Crippen LogP contribution in [-0.2, 0) is 5.41 Å². The molecule has 0 atom stereocenters. The van der Waals surface area contributed by atoms with Crippen molar-refractivity contribution in [2.24, 2.45) is 11.6 Å². The van der Waals surface area contributed by atoms with E-state index < -0.39 is 0 Å². The average molecular weight is 553 g/mol. The molecule has 0 aliphatic rings. The summed E-state index contributed by atoms with van der Waals surface area (Å²) >= 11 is 1.46. The lowest BCUT2D eigenvalue weighted by molar-refractivity contribution is 0.102. The third-order valence-electron chi connectivity index (χ3n) is 5.46. The van der Waals surface area contributed by atoms with Gasteiger partial charge in [-0.05, 0) is 72.4 Å². The normalized spacial score (nSPS) is 10.5. The van der Waals surface area contributed by atoms with Crippen molar-refractivity contribution in [3.05, 3.63) is 89.5 Å². The van der Waals surface area contributed by atoms with Crippen molar-refractivity contribution in [2.75, 3.05) is 28.4 Å². The number of carbonyl (C=O) groups excluding carboxylic acids is 1. The Balaban J connectivity index is 0.000000720. The molecule has 3 aromatic rings. The molecule has 8 nitrogen and oxygen atoms in total. The molecular weight excluding hydrogens is 508 g/mol. The number of ether oxygens (including phenoxy) is 1. The van der Waals surface area contributed by atoms with Gasteiger partial charge in [0.25, 0.3) is 5.91 Å². The molecule has 0 bridgehead atoms. The van der Waals surface area contributed by atoms with Crippen LogP contribution in [0.2, 0.25) is 0 Å². The van der Waals surface area contributed by atoms with Gasteiger partial charge >= 0.3 is 0 Å². The molecule has 0 fully saturated rings. The summed E-state index contributed by atoms with van der Waals surface area (Å²) in [6, 6.07) is 13.3. The van der Waals surface area contributed by atoms with E-state index in [0.717, 1.165) is 16.8 Å². The van der Waals surface area contributed by atoms with Gasteiger partial charge in [0, 0.05) is 36.6 Å². The zero-order chi connectivity index (χ0) is 29.6. The maximum Gasteiger partial charge on any atom is 0.255 e. The second-order valence-corrected chi connectivity index (χ2v) is 10.0. The highest BCUT2D eigenvalue weighted by Gasteiger charge is 2.21. The number of nitrogens with one attached hydrogen (secondary N) is 2. The summed E-state index contributed by atoms with van der Waals surface area (Å²) < 4.78 is 8.84. The van der Waals surface area contributed by atoms with Crippen molar-refractivity contribution in [1.82, 2.24) is 4.98 Å². The van der Waals surface area contributed by atoms with E-state index in [0.29, 0.717) is 22.7 Å². The van der Waals surface area contributed by atoms with Crippen LogP contribution in [0.3, 0.4) is 0 Å². The first-order valence-corrected chi connectivity index (χ1v) is 14.0. The van der Waals surface area contributed by atoms with E-state index in [4.69, 9.17) is 16.3 Å². The van der Waals surface area contributed by atoms with Gasteiger partial charge in [0.1, 0.15) is 0 Å². The van der Waals surface area contributed by atoms with E-state index in [-0.39, 0.29) is 11.3 Å². The molecule has 0 aliphatic carbocycles. The molecule has 6 N–H and O–H groups in total. The number of hydrogen-bond donors (Lipinski definition) is 4. The summed E-state index contributed by atoms with van der Waals surface area (Å²) in [7, 11) is 1.59. The van der Waals surface area contributed by atoms with Crippen LogP contribution < -0.4 is 31.4 Å². The van der Waals surface area contributed by atoms with Gasteiger partial charge in [0.15, 0.2) is 5.75 Å². The molecule has 0 aliphatic heterocycles. The van der Waals surface area contributed by atoms with Crippen LogP contribution in [0.15, 0.2) is 67.3 Å². The minimum atomic E-state index is -0.263. The Morgan fingerprint density at radius 2 is 1.67 bits per heavy atom. The van der Waals surface area contributed by atoms with Gasteiger partial charge in [-0.3, -0.25) is 14.8 Å². The molecule has 1 heterocycles. The number of hydrogen-bond acceptors (Lipinski definition) is 8. The molecule has 1 amide bonds. The molecule has 3 rings (SSSR count). The smallest absolute Gasteiger partial charge is 0.255 e. The number of anilines is 3. The maximum atomic E-state index is 13.1. The van der Waals surface area contributed by atoms with Gasteiger partial charge < -0.3 is 20.5 Å². The topological polar surface area (TPSA) is 119 Å². The first-order chi connectivity index (χ1) is 18.5. The zero-order valence-electron chi connectivity index (χ0n) is 24.6. The number of aryl methyl sites for hydroxylation is 2. The number of hydrazine groups is 1. The lowest BCUT2D eigenvalue weighted by atomic mass is 9.86. The van der Waals surface area contributed by atoms with Crippen LogP contribution in [0.4, 0.5) is 17.1 Å². The minimum Gasteiger partial charge on any atom is -0.492 e. The molecule has 0 spiro atoms. The van der Waals surface area contributed by atoms with Crippen molar-refractivity contribution < 1.29 is 9.53 Å². The number of amides is 1. The van der Waals surface area contributed by atoms with Crippen LogP contribution in [0.1, 0.15) is 61.7 Å². The van der Waals surface area contributed by atoms with E-state index in [1.807, 2.05) is 64.3 Å². The summed E-state index contributed by atoms with van der Waals surface area (Å²) in [4.78, 5) is 16.9. The molecule has 212 valence electrons. The van der Waals surface area contributed by atoms with Crippen molar-refractivity contribution >= 4 is 34.9 Å². The van der Waals surface area contributed by atoms with E-state index >= 15 is 0 Å². The average Bonchev–Trinajstić information content (AvgIpc) is 2.90. The number of pyridine rings is 1. The van der Waals surface area contributed by atoms with E-state index in [1.165, 1.54) is 34.9 Å². The Bertz CT molecular complexity index is 1210. The molecule has 2 aromatic carbocycles. The van der Waals surface area contributed by atoms with Crippen LogP contribution in [0.25, 0.3) is 0 Å². The molecule has 0 saturated heterocycles. The molecule has 39 heavy (non-hydrogen) atoms. The van der Waals surface area contributed by atoms with Crippen molar-refractivity contribution in [3.8, 4) is 5.75 Å². The van der Waals surface area contributed by atoms with Gasteiger partial charge in [-0.1, -0.05) is 52.6 Å². The monoisotopic (exact) mass is 552 g/mol. The Morgan fingerprint density at radius 3 is 2.15 bits per heavy atom. The number of rotatable bonds is 7. The van der Waals surface area contributed by atoms with Crippen LogP contribution in [0, 0.1) is 13.8 Å². The highest BCUT2D eigenvalue weighted by Crippen LogP contribution is 2.39. The fourth-order valence-electron chi connectivity index (χ4n) is 3.38. The third-order valence-corrected chi connectivity index (χ3v) is 5.89. The Hall–Kier alpha value is -3.69. The van der Waals surface area contributed by atoms with Gasteiger partial charge in [-0.2, -0.15) is 0 Å². The summed E-state index contributed by atoms with van der Waals surface area (Å²) in [5.74, 6) is 6.31. The van der Waals surface area contributed by atoms with Gasteiger partial charge in [-0.25, -0.2) is 5.84 Å². The minimum absolute atomic E-state index is 0.105. The first kappa shape index (κ1) is 33.3. The van der Waals surface area contributed by atoms with Crippen LogP contribution in [0.5, 0.6) is 5.75 Å². The lowest BCUT2D eigenvalue weighted by Crippen LogP contribution is -2.26. The molecule has 0 saturated carbocycles. The number of benzene rings is 2. The Labute approximate surface area is 238 Å². The van der Waals surface area contributed by atoms with Crippen LogP contribution in [-0.4, -0.2) is 24.3 Å². The highest BCUT2D eigenvalue weighted by atomic mass is 32.2. The number of nitrogens with two attached hydrogens (primary N) is 2. The summed E-state index contributed by atoms with van der Waals surface area (Å²) in [5, 5.41) is 4.37. The van der Waals surface area contributed by atoms with E-state index in [1.54, 1.807) is 31.6 Å². The highest BCUT2D eigenvalue weighted by molar-refractivity contribution is 7.99. The molecular formula is C30H44N6O2S. The molecule has 1 aromatic heterocycles. The second-order valence-electron chi connectivity index (χ2n) is 9.39. The number of nitrogens with zero attached hydrogens (tertiary/aromatic N) is 2. The number of methoxy groups -OCH3 is 1. The summed E-state index contributed by atoms with van der Waals surface area (Å²) in [6.45, 7) is 14.3. The van der Waals surface area contributed by atoms with Gasteiger partial charge in [0.05, 0.1) is 24.2 Å². The fraction of sp³-hybridized carbons (Fsp3) is 0.333. The standard InChI is InChI=1S/C22H31N5O2S.C6H7N.C2H6/c1-14-7-8-15(11-19(14)27(24)10-9-23)21(28)25-17-12-16(22(2,3)4)13-18(26-30-6)20(17)29-5;1-6-2-4-7-5-3-6;1-2/h7-13,26H,23-24H2,1-6H3,(H,25,28);2-5H,1H3;1-2H3/b10-9-;;. The van der Waals surface area contributed by atoms with Crippen LogP contribution >= 0.6 is 11.9 Å².